The van der Waals surface area contributed by atoms with Gasteiger partial charge in [-0.15, -0.1) is 0 Å². The van der Waals surface area contributed by atoms with Crippen molar-refractivity contribution < 1.29 is 4.79 Å². The molecule has 0 saturated carbocycles. The molecule has 0 unspecified atom stereocenters. The van der Waals surface area contributed by atoms with Gasteiger partial charge in [-0.05, 0) is 26.9 Å². The molecule has 23 heavy (non-hydrogen) atoms. The van der Waals surface area contributed by atoms with Crippen LogP contribution in [0, 0.1) is 0 Å². The maximum Gasteiger partial charge on any atom is 0.243 e. The van der Waals surface area contributed by atoms with E-state index < -0.39 is 0 Å². The Labute approximate surface area is 136 Å². The van der Waals surface area contributed by atoms with Crippen molar-refractivity contribution in [3.8, 4) is 0 Å². The number of imidazole rings is 1. The maximum atomic E-state index is 12.6. The summed E-state index contributed by atoms with van der Waals surface area (Å²) < 4.78 is 1.80. The maximum absolute atomic E-state index is 12.6. The summed E-state index contributed by atoms with van der Waals surface area (Å²) in [5.74, 6) is 0.102. The van der Waals surface area contributed by atoms with Crippen LogP contribution in [0.15, 0.2) is 31.1 Å². The van der Waals surface area contributed by atoms with Gasteiger partial charge in [0, 0.05) is 31.7 Å². The number of rotatable bonds is 5. The third kappa shape index (κ3) is 3.73. The molecule has 1 saturated heterocycles. The summed E-state index contributed by atoms with van der Waals surface area (Å²) in [5.41, 5.74) is 1.82. The summed E-state index contributed by atoms with van der Waals surface area (Å²) in [6, 6.07) is 0.0284. The van der Waals surface area contributed by atoms with Crippen LogP contribution in [0.25, 0.3) is 0 Å². The van der Waals surface area contributed by atoms with Crippen molar-refractivity contribution in [3.63, 3.8) is 0 Å². The number of carbonyl (C=O) groups excluding carboxylic acids is 1. The van der Waals surface area contributed by atoms with Gasteiger partial charge in [0.2, 0.25) is 5.91 Å². The second-order valence-corrected chi connectivity index (χ2v) is 6.15. The van der Waals surface area contributed by atoms with Crippen molar-refractivity contribution in [2.75, 3.05) is 20.6 Å². The molecular weight excluding hydrogens is 292 g/mol. The highest BCUT2D eigenvalue weighted by Gasteiger charge is 2.31. The van der Waals surface area contributed by atoms with Gasteiger partial charge in [0.15, 0.2) is 0 Å². The molecule has 7 nitrogen and oxygen atoms in total. The van der Waals surface area contributed by atoms with Crippen molar-refractivity contribution >= 4 is 5.91 Å². The molecule has 122 valence electrons. The van der Waals surface area contributed by atoms with Gasteiger partial charge < -0.3 is 14.4 Å². The van der Waals surface area contributed by atoms with Crippen molar-refractivity contribution in [3.05, 3.63) is 42.5 Å². The highest BCUT2D eigenvalue weighted by atomic mass is 16.2. The van der Waals surface area contributed by atoms with Crippen molar-refractivity contribution in [1.29, 1.82) is 0 Å². The van der Waals surface area contributed by atoms with E-state index in [4.69, 9.17) is 4.98 Å². The zero-order valence-electron chi connectivity index (χ0n) is 13.6. The van der Waals surface area contributed by atoms with Crippen LogP contribution in [0.4, 0.5) is 0 Å². The Kier molecular flexibility index (Phi) is 4.66. The van der Waals surface area contributed by atoms with Gasteiger partial charge in [-0.25, -0.2) is 4.98 Å². The molecule has 1 fully saturated rings. The molecule has 1 atom stereocenters. The van der Waals surface area contributed by atoms with E-state index in [2.05, 4.69) is 14.9 Å². The summed E-state index contributed by atoms with van der Waals surface area (Å²) in [4.78, 5) is 29.6. The van der Waals surface area contributed by atoms with Gasteiger partial charge >= 0.3 is 0 Å². The van der Waals surface area contributed by atoms with Gasteiger partial charge in [-0.3, -0.25) is 14.8 Å². The molecule has 0 aliphatic carbocycles. The topological polar surface area (TPSA) is 67.2 Å². The van der Waals surface area contributed by atoms with Gasteiger partial charge in [0.25, 0.3) is 0 Å². The Morgan fingerprint density at radius 2 is 2.22 bits per heavy atom. The standard InChI is InChI=1S/C16H22N6O/c1-20(2)10-13-8-18-9-14(19-13)15-4-3-6-22(15)16(23)11-21-7-5-17-12-21/h5,7-9,12,15H,3-4,6,10-11H2,1-2H3/t15-/m1/s1. The Morgan fingerprint density at radius 1 is 1.35 bits per heavy atom. The third-order valence-electron chi connectivity index (χ3n) is 3.97. The molecule has 3 heterocycles. The fraction of sp³-hybridized carbons (Fsp3) is 0.500. The first-order valence-corrected chi connectivity index (χ1v) is 7.84. The van der Waals surface area contributed by atoms with Gasteiger partial charge in [0.1, 0.15) is 6.54 Å². The monoisotopic (exact) mass is 314 g/mol. The lowest BCUT2D eigenvalue weighted by atomic mass is 10.1. The number of aromatic nitrogens is 4. The fourth-order valence-corrected chi connectivity index (χ4v) is 2.98. The van der Waals surface area contributed by atoms with E-state index >= 15 is 0 Å². The number of nitrogens with zero attached hydrogens (tertiary/aromatic N) is 6. The summed E-state index contributed by atoms with van der Waals surface area (Å²) >= 11 is 0. The first kappa shape index (κ1) is 15.6. The normalized spacial score (nSPS) is 17.9. The largest absolute Gasteiger partial charge is 0.332 e. The van der Waals surface area contributed by atoms with Crippen LogP contribution in [-0.2, 0) is 17.9 Å². The second kappa shape index (κ2) is 6.87. The number of amides is 1. The van der Waals surface area contributed by atoms with Crippen LogP contribution < -0.4 is 0 Å². The smallest absolute Gasteiger partial charge is 0.243 e. The van der Waals surface area contributed by atoms with E-state index in [0.717, 1.165) is 37.3 Å². The van der Waals surface area contributed by atoms with Gasteiger partial charge in [0.05, 0.1) is 30.0 Å². The van der Waals surface area contributed by atoms with E-state index in [9.17, 15) is 4.79 Å². The number of carbonyl (C=O) groups is 1. The average Bonchev–Trinajstić information content (AvgIpc) is 3.17. The van der Waals surface area contributed by atoms with Crippen LogP contribution in [0.3, 0.4) is 0 Å². The van der Waals surface area contributed by atoms with E-state index in [-0.39, 0.29) is 11.9 Å². The number of likely N-dealkylation sites (tertiary alicyclic amines) is 1. The Balaban J connectivity index is 1.74. The molecule has 2 aromatic rings. The van der Waals surface area contributed by atoms with Crippen molar-refractivity contribution in [2.24, 2.45) is 0 Å². The lowest BCUT2D eigenvalue weighted by molar-refractivity contribution is -0.132. The second-order valence-electron chi connectivity index (χ2n) is 6.15. The molecule has 2 aromatic heterocycles. The zero-order valence-corrected chi connectivity index (χ0v) is 13.6. The molecule has 3 rings (SSSR count). The number of hydrogen-bond acceptors (Lipinski definition) is 5. The molecule has 0 radical (unpaired) electrons. The molecular formula is C16H22N6O. The first-order valence-electron chi connectivity index (χ1n) is 7.84. The fourth-order valence-electron chi connectivity index (χ4n) is 2.98. The molecule has 1 aliphatic heterocycles. The van der Waals surface area contributed by atoms with Gasteiger partial charge in [-0.2, -0.15) is 0 Å². The van der Waals surface area contributed by atoms with Crippen LogP contribution in [0.2, 0.25) is 0 Å². The van der Waals surface area contributed by atoms with Crippen LogP contribution in [0.1, 0.15) is 30.3 Å². The molecule has 1 aliphatic rings. The lowest BCUT2D eigenvalue weighted by Gasteiger charge is -2.24. The predicted octanol–water partition coefficient (Wildman–Crippen LogP) is 1.10. The van der Waals surface area contributed by atoms with Gasteiger partial charge in [-0.1, -0.05) is 0 Å². The van der Waals surface area contributed by atoms with E-state index in [0.29, 0.717) is 6.54 Å². The Hall–Kier alpha value is -2.28. The SMILES string of the molecule is CN(C)Cc1cncc([C@H]2CCCN2C(=O)Cn2ccnc2)n1. The Morgan fingerprint density at radius 3 is 2.96 bits per heavy atom. The molecule has 0 aromatic carbocycles. The van der Waals surface area contributed by atoms with Crippen LogP contribution >= 0.6 is 0 Å². The highest BCUT2D eigenvalue weighted by Crippen LogP contribution is 2.30. The lowest BCUT2D eigenvalue weighted by Crippen LogP contribution is -2.33. The minimum Gasteiger partial charge on any atom is -0.332 e. The highest BCUT2D eigenvalue weighted by molar-refractivity contribution is 5.76. The molecule has 1 amide bonds. The van der Waals surface area contributed by atoms with Crippen molar-refractivity contribution in [2.45, 2.75) is 32.0 Å². The van der Waals surface area contributed by atoms with E-state index in [1.807, 2.05) is 19.0 Å². The minimum absolute atomic E-state index is 0.0284. The first-order chi connectivity index (χ1) is 11.1. The molecule has 0 N–H and O–H groups in total. The summed E-state index contributed by atoms with van der Waals surface area (Å²) in [5, 5.41) is 0. The summed E-state index contributed by atoms with van der Waals surface area (Å²) in [6.07, 6.45) is 10.7. The predicted molar refractivity (Wildman–Crippen MR) is 85.3 cm³/mol. The van der Waals surface area contributed by atoms with E-state index in [1.165, 1.54) is 0 Å². The zero-order chi connectivity index (χ0) is 16.2. The van der Waals surface area contributed by atoms with E-state index in [1.54, 1.807) is 35.7 Å². The average molecular weight is 314 g/mol. The molecule has 7 heteroatoms. The molecule has 0 bridgehead atoms. The Bertz CT molecular complexity index is 654. The quantitative estimate of drug-likeness (QED) is 0.827. The summed E-state index contributed by atoms with van der Waals surface area (Å²) in [7, 11) is 4.01. The molecule has 0 spiro atoms. The summed E-state index contributed by atoms with van der Waals surface area (Å²) in [6.45, 7) is 1.84. The van der Waals surface area contributed by atoms with Crippen molar-refractivity contribution in [1.82, 2.24) is 29.3 Å². The third-order valence-corrected chi connectivity index (χ3v) is 3.97. The minimum atomic E-state index is 0.0284. The van der Waals surface area contributed by atoms with Crippen LogP contribution in [-0.4, -0.2) is 55.9 Å². The number of hydrogen-bond donors (Lipinski definition) is 0. The van der Waals surface area contributed by atoms with Crippen LogP contribution in [0.5, 0.6) is 0 Å².